The molecule has 1 aliphatic rings. The van der Waals surface area contributed by atoms with Gasteiger partial charge in [-0.25, -0.2) is 4.98 Å². The lowest BCUT2D eigenvalue weighted by Crippen LogP contribution is -2.31. The molecule has 0 atom stereocenters. The topological polar surface area (TPSA) is 27.1 Å². The third-order valence-electron chi connectivity index (χ3n) is 2.12. The maximum atomic E-state index is 5.11. The molecule has 60 valence electrons. The van der Waals surface area contributed by atoms with Crippen LogP contribution in [-0.4, -0.2) is 22.8 Å². The van der Waals surface area contributed by atoms with Crippen molar-refractivity contribution in [3.05, 3.63) is 18.2 Å². The van der Waals surface area contributed by atoms with Gasteiger partial charge < -0.3 is 9.30 Å². The van der Waals surface area contributed by atoms with Crippen LogP contribution in [0.3, 0.4) is 0 Å². The molecule has 1 saturated heterocycles. The molecule has 0 bridgehead atoms. The molecule has 1 fully saturated rings. The fourth-order valence-electron chi connectivity index (χ4n) is 1.32. The van der Waals surface area contributed by atoms with E-state index in [1.165, 1.54) is 5.69 Å². The summed E-state index contributed by atoms with van der Waals surface area (Å²) in [6.45, 7) is 3.85. The van der Waals surface area contributed by atoms with E-state index in [0.717, 1.165) is 19.6 Å². The fraction of sp³-hybridized carbons (Fsp3) is 0.625. The number of aromatic nitrogens is 2. The van der Waals surface area contributed by atoms with Crippen LogP contribution in [0.25, 0.3) is 0 Å². The molecule has 11 heavy (non-hydrogen) atoms. The molecule has 0 unspecified atom stereocenters. The molecular formula is C8H12N2O. The number of nitrogens with zero attached hydrogens (tertiary/aromatic N) is 2. The molecule has 3 nitrogen and oxygen atoms in total. The predicted octanol–water partition coefficient (Wildman–Crippen LogP) is 1.02. The summed E-state index contributed by atoms with van der Waals surface area (Å²) >= 11 is 0. The maximum Gasteiger partial charge on any atom is 0.0952 e. The van der Waals surface area contributed by atoms with Gasteiger partial charge in [0.25, 0.3) is 0 Å². The minimum Gasteiger partial charge on any atom is -0.377 e. The van der Waals surface area contributed by atoms with Crippen molar-refractivity contribution in [2.24, 2.45) is 0 Å². The SMILES string of the molecule is CCc1cncn1C1COC1. The van der Waals surface area contributed by atoms with Gasteiger partial charge in [0.1, 0.15) is 0 Å². The molecule has 0 N–H and O–H groups in total. The first-order chi connectivity index (χ1) is 5.42. The summed E-state index contributed by atoms with van der Waals surface area (Å²) in [5.74, 6) is 0. The summed E-state index contributed by atoms with van der Waals surface area (Å²) in [5, 5.41) is 0. The second-order valence-electron chi connectivity index (χ2n) is 2.84. The van der Waals surface area contributed by atoms with Crippen molar-refractivity contribution < 1.29 is 4.74 Å². The van der Waals surface area contributed by atoms with Gasteiger partial charge in [-0.15, -0.1) is 0 Å². The van der Waals surface area contributed by atoms with Gasteiger partial charge in [-0.3, -0.25) is 0 Å². The third kappa shape index (κ3) is 1.05. The van der Waals surface area contributed by atoms with E-state index in [2.05, 4.69) is 16.5 Å². The Hall–Kier alpha value is -0.830. The number of aryl methyl sites for hydroxylation is 1. The zero-order chi connectivity index (χ0) is 7.68. The Morgan fingerprint density at radius 1 is 1.73 bits per heavy atom. The Bertz CT molecular complexity index is 240. The molecule has 0 spiro atoms. The molecule has 0 radical (unpaired) electrons. The maximum absolute atomic E-state index is 5.11. The summed E-state index contributed by atoms with van der Waals surface area (Å²) in [7, 11) is 0. The van der Waals surface area contributed by atoms with Gasteiger partial charge in [0, 0.05) is 11.9 Å². The van der Waals surface area contributed by atoms with Crippen LogP contribution in [0.15, 0.2) is 12.5 Å². The number of ether oxygens (including phenoxy) is 1. The molecule has 3 heteroatoms. The Kier molecular flexibility index (Phi) is 1.66. The van der Waals surface area contributed by atoms with E-state index in [-0.39, 0.29) is 0 Å². The summed E-state index contributed by atoms with van der Waals surface area (Å²) in [6, 6.07) is 0.549. The van der Waals surface area contributed by atoms with Crippen LogP contribution in [0.5, 0.6) is 0 Å². The Morgan fingerprint density at radius 2 is 2.55 bits per heavy atom. The minimum atomic E-state index is 0.549. The summed E-state index contributed by atoms with van der Waals surface area (Å²) < 4.78 is 7.32. The third-order valence-corrected chi connectivity index (χ3v) is 2.12. The van der Waals surface area contributed by atoms with Crippen LogP contribution in [-0.2, 0) is 11.2 Å². The van der Waals surface area contributed by atoms with Gasteiger partial charge in [-0.2, -0.15) is 0 Å². The van der Waals surface area contributed by atoms with Crippen LogP contribution in [0.4, 0.5) is 0 Å². The number of hydrogen-bond acceptors (Lipinski definition) is 2. The van der Waals surface area contributed by atoms with E-state index in [0.29, 0.717) is 6.04 Å². The van der Waals surface area contributed by atoms with Crippen LogP contribution in [0, 0.1) is 0 Å². The van der Waals surface area contributed by atoms with Crippen molar-refractivity contribution in [2.75, 3.05) is 13.2 Å². The Labute approximate surface area is 66.0 Å². The predicted molar refractivity (Wildman–Crippen MR) is 41.5 cm³/mol. The molecular weight excluding hydrogens is 140 g/mol. The summed E-state index contributed by atoms with van der Waals surface area (Å²) in [6.07, 6.45) is 4.88. The highest BCUT2D eigenvalue weighted by atomic mass is 16.5. The first kappa shape index (κ1) is 6.85. The Balaban J connectivity index is 2.20. The average Bonchev–Trinajstić information content (AvgIpc) is 2.32. The largest absolute Gasteiger partial charge is 0.377 e. The van der Waals surface area contributed by atoms with E-state index in [4.69, 9.17) is 4.74 Å². The monoisotopic (exact) mass is 152 g/mol. The lowest BCUT2D eigenvalue weighted by atomic mass is 10.2. The van der Waals surface area contributed by atoms with Gasteiger partial charge >= 0.3 is 0 Å². The molecule has 2 heterocycles. The molecule has 0 aromatic carbocycles. The normalized spacial score (nSPS) is 18.3. The average molecular weight is 152 g/mol. The van der Waals surface area contributed by atoms with Gasteiger partial charge in [0.2, 0.25) is 0 Å². The molecule has 2 rings (SSSR count). The van der Waals surface area contributed by atoms with Crippen molar-refractivity contribution in [1.82, 2.24) is 9.55 Å². The lowest BCUT2D eigenvalue weighted by molar-refractivity contribution is -0.0243. The molecule has 1 aliphatic heterocycles. The van der Waals surface area contributed by atoms with Gasteiger partial charge in [0.15, 0.2) is 0 Å². The quantitative estimate of drug-likeness (QED) is 0.632. The van der Waals surface area contributed by atoms with Crippen LogP contribution < -0.4 is 0 Å². The van der Waals surface area contributed by atoms with Crippen LogP contribution in [0.1, 0.15) is 18.7 Å². The van der Waals surface area contributed by atoms with Crippen LogP contribution >= 0.6 is 0 Å². The summed E-state index contributed by atoms with van der Waals surface area (Å²) in [4.78, 5) is 4.10. The second-order valence-corrected chi connectivity index (χ2v) is 2.84. The summed E-state index contributed by atoms with van der Waals surface area (Å²) in [5.41, 5.74) is 1.30. The molecule has 0 saturated carbocycles. The first-order valence-electron chi connectivity index (χ1n) is 4.00. The van der Waals surface area contributed by atoms with Crippen molar-refractivity contribution in [3.63, 3.8) is 0 Å². The number of rotatable bonds is 2. The molecule has 0 aliphatic carbocycles. The number of imidazole rings is 1. The van der Waals surface area contributed by atoms with E-state index in [1.54, 1.807) is 0 Å². The smallest absolute Gasteiger partial charge is 0.0952 e. The van der Waals surface area contributed by atoms with E-state index < -0.39 is 0 Å². The van der Waals surface area contributed by atoms with Crippen molar-refractivity contribution in [3.8, 4) is 0 Å². The zero-order valence-corrected chi connectivity index (χ0v) is 6.66. The van der Waals surface area contributed by atoms with Gasteiger partial charge in [-0.05, 0) is 6.42 Å². The standard InChI is InChI=1S/C8H12N2O/c1-2-7-3-9-6-10(7)8-4-11-5-8/h3,6,8H,2,4-5H2,1H3. The highest BCUT2D eigenvalue weighted by Gasteiger charge is 2.21. The highest BCUT2D eigenvalue weighted by Crippen LogP contribution is 2.18. The van der Waals surface area contributed by atoms with Crippen molar-refractivity contribution in [2.45, 2.75) is 19.4 Å². The fourth-order valence-corrected chi connectivity index (χ4v) is 1.32. The van der Waals surface area contributed by atoms with Gasteiger partial charge in [0.05, 0.1) is 25.6 Å². The molecule has 1 aromatic heterocycles. The van der Waals surface area contributed by atoms with Crippen molar-refractivity contribution >= 4 is 0 Å². The zero-order valence-electron chi connectivity index (χ0n) is 6.66. The molecule has 0 amide bonds. The first-order valence-corrected chi connectivity index (χ1v) is 4.00. The highest BCUT2D eigenvalue weighted by molar-refractivity contribution is 5.01. The van der Waals surface area contributed by atoms with E-state index in [9.17, 15) is 0 Å². The van der Waals surface area contributed by atoms with Gasteiger partial charge in [-0.1, -0.05) is 6.92 Å². The second kappa shape index (κ2) is 2.66. The van der Waals surface area contributed by atoms with E-state index >= 15 is 0 Å². The lowest BCUT2D eigenvalue weighted by Gasteiger charge is -2.28. The number of hydrogen-bond donors (Lipinski definition) is 0. The van der Waals surface area contributed by atoms with Crippen LogP contribution in [0.2, 0.25) is 0 Å². The Morgan fingerprint density at radius 3 is 3.09 bits per heavy atom. The van der Waals surface area contributed by atoms with E-state index in [1.807, 2.05) is 12.5 Å². The minimum absolute atomic E-state index is 0.549. The molecule has 1 aromatic rings. The van der Waals surface area contributed by atoms with Crippen molar-refractivity contribution in [1.29, 1.82) is 0 Å².